The summed E-state index contributed by atoms with van der Waals surface area (Å²) in [6.45, 7) is 4.27. The minimum Gasteiger partial charge on any atom is -0.396 e. The molecule has 0 saturated carbocycles. The van der Waals surface area contributed by atoms with Crippen LogP contribution in [-0.4, -0.2) is 29.6 Å². The van der Waals surface area contributed by atoms with Crippen molar-refractivity contribution in [1.29, 1.82) is 0 Å². The molecule has 0 aliphatic heterocycles. The Hall–Kier alpha value is -2.40. The standard InChI is InChI=1S/C19H24N2O3/c1-13(2)9-18(23)20-11-14-3-6-16(7-4-14)19(24)21-17-8-5-15(10-17)12-22/h3-9,15,17,22H,10-12H2,1-2H3,(H,20,23)(H,21,24)/t15-,17+/m0/s1. The van der Waals surface area contributed by atoms with E-state index in [9.17, 15) is 9.59 Å². The molecule has 1 aliphatic rings. The highest BCUT2D eigenvalue weighted by Crippen LogP contribution is 2.17. The van der Waals surface area contributed by atoms with E-state index in [1.54, 1.807) is 18.2 Å². The van der Waals surface area contributed by atoms with Crippen LogP contribution in [0, 0.1) is 5.92 Å². The molecule has 5 nitrogen and oxygen atoms in total. The summed E-state index contributed by atoms with van der Waals surface area (Å²) in [7, 11) is 0. The van der Waals surface area contributed by atoms with E-state index in [1.807, 2.05) is 38.1 Å². The summed E-state index contributed by atoms with van der Waals surface area (Å²) >= 11 is 0. The third kappa shape index (κ3) is 5.35. The van der Waals surface area contributed by atoms with E-state index in [4.69, 9.17) is 5.11 Å². The van der Waals surface area contributed by atoms with Crippen LogP contribution in [0.4, 0.5) is 0 Å². The lowest BCUT2D eigenvalue weighted by Crippen LogP contribution is -2.32. The van der Waals surface area contributed by atoms with Crippen molar-refractivity contribution in [3.8, 4) is 0 Å². The smallest absolute Gasteiger partial charge is 0.251 e. The number of aliphatic hydroxyl groups excluding tert-OH is 1. The number of benzene rings is 1. The Morgan fingerprint density at radius 2 is 1.92 bits per heavy atom. The molecule has 128 valence electrons. The fourth-order valence-corrected chi connectivity index (χ4v) is 2.55. The van der Waals surface area contributed by atoms with Crippen LogP contribution in [0.1, 0.15) is 36.2 Å². The molecule has 2 atom stereocenters. The molecule has 0 heterocycles. The molecule has 0 spiro atoms. The molecule has 0 bridgehead atoms. The summed E-state index contributed by atoms with van der Waals surface area (Å²) in [6, 6.07) is 7.13. The van der Waals surface area contributed by atoms with Crippen LogP contribution in [0.3, 0.4) is 0 Å². The molecule has 0 saturated heterocycles. The second kappa shape index (κ2) is 8.45. The molecule has 0 aromatic heterocycles. The van der Waals surface area contributed by atoms with E-state index >= 15 is 0 Å². The maximum Gasteiger partial charge on any atom is 0.251 e. The SMILES string of the molecule is CC(C)=CC(=O)NCc1ccc(C(=O)N[C@@H]2C=C[C@H](CO)C2)cc1. The Bertz CT molecular complexity index is 643. The number of rotatable bonds is 6. The van der Waals surface area contributed by atoms with Gasteiger partial charge in [0, 0.05) is 36.8 Å². The maximum absolute atomic E-state index is 12.2. The number of hydrogen-bond donors (Lipinski definition) is 3. The number of carbonyl (C=O) groups is 2. The Labute approximate surface area is 142 Å². The molecular formula is C19H24N2O3. The van der Waals surface area contributed by atoms with Gasteiger partial charge in [-0.15, -0.1) is 0 Å². The van der Waals surface area contributed by atoms with Crippen molar-refractivity contribution < 1.29 is 14.7 Å². The molecule has 1 aromatic rings. The van der Waals surface area contributed by atoms with Gasteiger partial charge in [0.05, 0.1) is 0 Å². The third-order valence-electron chi connectivity index (χ3n) is 3.83. The van der Waals surface area contributed by atoms with Crippen molar-refractivity contribution in [2.24, 2.45) is 5.92 Å². The first-order valence-corrected chi connectivity index (χ1v) is 8.09. The van der Waals surface area contributed by atoms with Crippen LogP contribution in [0.5, 0.6) is 0 Å². The van der Waals surface area contributed by atoms with E-state index < -0.39 is 0 Å². The fraction of sp³-hybridized carbons (Fsp3) is 0.368. The van der Waals surface area contributed by atoms with Gasteiger partial charge in [0.2, 0.25) is 5.91 Å². The zero-order chi connectivity index (χ0) is 17.5. The zero-order valence-corrected chi connectivity index (χ0v) is 14.1. The lowest BCUT2D eigenvalue weighted by molar-refractivity contribution is -0.116. The van der Waals surface area contributed by atoms with Crippen molar-refractivity contribution in [2.45, 2.75) is 32.9 Å². The Balaban J connectivity index is 1.85. The van der Waals surface area contributed by atoms with Gasteiger partial charge in [0.25, 0.3) is 5.91 Å². The van der Waals surface area contributed by atoms with Gasteiger partial charge in [-0.3, -0.25) is 9.59 Å². The Kier molecular flexibility index (Phi) is 6.32. The van der Waals surface area contributed by atoms with Crippen molar-refractivity contribution in [3.63, 3.8) is 0 Å². The predicted molar refractivity (Wildman–Crippen MR) is 93.3 cm³/mol. The van der Waals surface area contributed by atoms with Crippen LogP contribution in [-0.2, 0) is 11.3 Å². The highest BCUT2D eigenvalue weighted by atomic mass is 16.3. The number of allylic oxidation sites excluding steroid dienone is 1. The molecular weight excluding hydrogens is 304 g/mol. The Morgan fingerprint density at radius 3 is 2.50 bits per heavy atom. The van der Waals surface area contributed by atoms with Crippen molar-refractivity contribution >= 4 is 11.8 Å². The van der Waals surface area contributed by atoms with Crippen LogP contribution < -0.4 is 10.6 Å². The zero-order valence-electron chi connectivity index (χ0n) is 14.1. The van der Waals surface area contributed by atoms with Gasteiger partial charge < -0.3 is 15.7 Å². The summed E-state index contributed by atoms with van der Waals surface area (Å²) in [5.74, 6) is -0.131. The van der Waals surface area contributed by atoms with Gasteiger partial charge in [-0.1, -0.05) is 29.9 Å². The summed E-state index contributed by atoms with van der Waals surface area (Å²) in [5, 5.41) is 14.8. The second-order valence-corrected chi connectivity index (χ2v) is 6.28. The molecule has 1 aliphatic carbocycles. The fourth-order valence-electron chi connectivity index (χ4n) is 2.55. The quantitative estimate of drug-likeness (QED) is 0.551. The average Bonchev–Trinajstić information content (AvgIpc) is 3.00. The van der Waals surface area contributed by atoms with E-state index in [0.717, 1.165) is 17.6 Å². The van der Waals surface area contributed by atoms with Gasteiger partial charge >= 0.3 is 0 Å². The van der Waals surface area contributed by atoms with E-state index in [0.29, 0.717) is 12.1 Å². The molecule has 0 fully saturated rings. The molecule has 3 N–H and O–H groups in total. The summed E-state index contributed by atoms with van der Waals surface area (Å²) in [4.78, 5) is 23.8. The second-order valence-electron chi connectivity index (χ2n) is 6.28. The first-order chi connectivity index (χ1) is 11.5. The van der Waals surface area contributed by atoms with E-state index in [1.165, 1.54) is 0 Å². The molecule has 0 unspecified atom stereocenters. The number of carbonyl (C=O) groups excluding carboxylic acids is 2. The molecule has 5 heteroatoms. The molecule has 0 radical (unpaired) electrons. The average molecular weight is 328 g/mol. The molecule has 24 heavy (non-hydrogen) atoms. The van der Waals surface area contributed by atoms with Gasteiger partial charge in [-0.25, -0.2) is 0 Å². The molecule has 2 rings (SSSR count). The topological polar surface area (TPSA) is 78.4 Å². The summed E-state index contributed by atoms with van der Waals surface area (Å²) in [5.41, 5.74) is 2.46. The van der Waals surface area contributed by atoms with Crippen LogP contribution >= 0.6 is 0 Å². The lowest BCUT2D eigenvalue weighted by Gasteiger charge is -2.13. The number of nitrogens with one attached hydrogen (secondary N) is 2. The largest absolute Gasteiger partial charge is 0.396 e. The van der Waals surface area contributed by atoms with Gasteiger partial charge in [-0.2, -0.15) is 0 Å². The molecule has 2 amide bonds. The lowest BCUT2D eigenvalue weighted by atomic mass is 10.1. The van der Waals surface area contributed by atoms with E-state index in [2.05, 4.69) is 10.6 Å². The van der Waals surface area contributed by atoms with Crippen LogP contribution in [0.2, 0.25) is 0 Å². The number of aliphatic hydroxyl groups is 1. The monoisotopic (exact) mass is 328 g/mol. The highest BCUT2D eigenvalue weighted by molar-refractivity contribution is 5.94. The maximum atomic E-state index is 12.2. The number of amides is 2. The normalized spacial score (nSPS) is 19.0. The van der Waals surface area contributed by atoms with Gasteiger partial charge in [-0.05, 0) is 38.0 Å². The third-order valence-corrected chi connectivity index (χ3v) is 3.83. The first kappa shape index (κ1) is 17.9. The van der Waals surface area contributed by atoms with Crippen molar-refractivity contribution in [3.05, 3.63) is 59.2 Å². The summed E-state index contributed by atoms with van der Waals surface area (Å²) < 4.78 is 0. The predicted octanol–water partition coefficient (Wildman–Crippen LogP) is 1.94. The van der Waals surface area contributed by atoms with Gasteiger partial charge in [0.1, 0.15) is 0 Å². The molecule has 1 aromatic carbocycles. The Morgan fingerprint density at radius 1 is 1.21 bits per heavy atom. The minimum absolute atomic E-state index is 0.0299. The minimum atomic E-state index is -0.136. The first-order valence-electron chi connectivity index (χ1n) is 8.09. The van der Waals surface area contributed by atoms with Crippen LogP contribution in [0.25, 0.3) is 0 Å². The highest BCUT2D eigenvalue weighted by Gasteiger charge is 2.20. The van der Waals surface area contributed by atoms with Crippen LogP contribution in [0.15, 0.2) is 48.1 Å². The van der Waals surface area contributed by atoms with Gasteiger partial charge in [0.15, 0.2) is 0 Å². The van der Waals surface area contributed by atoms with E-state index in [-0.39, 0.29) is 30.4 Å². The summed E-state index contributed by atoms with van der Waals surface area (Å²) in [6.07, 6.45) is 6.14. The number of hydrogen-bond acceptors (Lipinski definition) is 3. The van der Waals surface area contributed by atoms with Crippen molar-refractivity contribution in [2.75, 3.05) is 6.61 Å². The van der Waals surface area contributed by atoms with Crippen molar-refractivity contribution in [1.82, 2.24) is 10.6 Å².